The number of rotatable bonds is 6. The molecule has 37 heavy (non-hydrogen) atoms. The predicted octanol–water partition coefficient (Wildman–Crippen LogP) is 3.36. The molecule has 10 heteroatoms. The zero-order chi connectivity index (χ0) is 26.1. The van der Waals surface area contributed by atoms with Crippen LogP contribution in [-0.4, -0.2) is 62.6 Å². The first-order chi connectivity index (χ1) is 17.9. The van der Waals surface area contributed by atoms with E-state index in [4.69, 9.17) is 11.0 Å². The Labute approximate surface area is 217 Å². The van der Waals surface area contributed by atoms with Crippen molar-refractivity contribution in [2.24, 2.45) is 5.73 Å². The van der Waals surface area contributed by atoms with Gasteiger partial charge in [-0.1, -0.05) is 12.1 Å². The van der Waals surface area contributed by atoms with E-state index in [-0.39, 0.29) is 30.7 Å². The van der Waals surface area contributed by atoms with Crippen LogP contribution in [0, 0.1) is 17.1 Å². The first-order valence-corrected chi connectivity index (χ1v) is 12.8. The fraction of sp³-hybridized carbons (Fsp3) is 0.296. The number of aliphatic hydroxyl groups is 2. The van der Waals surface area contributed by atoms with E-state index < -0.39 is 11.9 Å². The quantitative estimate of drug-likeness (QED) is 0.358. The molecule has 0 radical (unpaired) electrons. The number of aromatic nitrogens is 2. The monoisotopic (exact) mass is 519 g/mol. The summed E-state index contributed by atoms with van der Waals surface area (Å²) in [5.41, 5.74) is 8.94. The molecule has 2 aromatic heterocycles. The molecule has 0 bridgehead atoms. The lowest BCUT2D eigenvalue weighted by Gasteiger charge is -2.30. The van der Waals surface area contributed by atoms with Crippen LogP contribution in [-0.2, 0) is 6.54 Å². The van der Waals surface area contributed by atoms with Crippen molar-refractivity contribution in [3.8, 4) is 27.6 Å². The van der Waals surface area contributed by atoms with Crippen molar-refractivity contribution < 1.29 is 19.4 Å². The first kappa shape index (κ1) is 25.0. The number of nitrogens with zero attached hydrogens (tertiary/aromatic N) is 4. The van der Waals surface area contributed by atoms with Crippen molar-refractivity contribution in [2.45, 2.75) is 31.5 Å². The summed E-state index contributed by atoms with van der Waals surface area (Å²) in [7, 11) is 0. The Morgan fingerprint density at radius 3 is 2.81 bits per heavy atom. The summed E-state index contributed by atoms with van der Waals surface area (Å²) in [5.74, 6) is -0.722. The molecule has 1 aliphatic heterocycles. The average Bonchev–Trinajstić information content (AvgIpc) is 3.52. The third kappa shape index (κ3) is 4.99. The molecule has 2 unspecified atom stereocenters. The summed E-state index contributed by atoms with van der Waals surface area (Å²) in [6.07, 6.45) is 2.50. The zero-order valence-electron chi connectivity index (χ0n) is 20.0. The standard InChI is InChI=1S/C27H26FN5O3S/c28-23-9-16(3-4-18(23)11-29)22-10-25(27(36)32-7-1-2-20(30)13-32)37-26(22)17-5-6-24-19(8-17)12-31-33(24)14-21(35)15-34/h3-6,8-10,12,20-21,34-35H,1-2,7,13-15,30H2. The Balaban J connectivity index is 1.58. The summed E-state index contributed by atoms with van der Waals surface area (Å²) in [6.45, 7) is 0.936. The van der Waals surface area contributed by atoms with Crippen LogP contribution in [0.2, 0.25) is 0 Å². The number of fused-ring (bicyclic) bond motifs is 1. The number of likely N-dealkylation sites (tertiary alicyclic amines) is 1. The highest BCUT2D eigenvalue weighted by Gasteiger charge is 2.26. The molecule has 2 aromatic carbocycles. The van der Waals surface area contributed by atoms with E-state index in [1.807, 2.05) is 24.3 Å². The molecule has 1 aliphatic rings. The molecule has 4 N–H and O–H groups in total. The predicted molar refractivity (Wildman–Crippen MR) is 139 cm³/mol. The van der Waals surface area contributed by atoms with Crippen molar-refractivity contribution in [3.05, 3.63) is 64.9 Å². The molecule has 0 spiro atoms. The third-order valence-corrected chi connectivity index (χ3v) is 7.76. The Kier molecular flexibility index (Phi) is 7.04. The van der Waals surface area contributed by atoms with E-state index >= 15 is 0 Å². The van der Waals surface area contributed by atoms with Crippen molar-refractivity contribution in [1.82, 2.24) is 14.7 Å². The molecule has 3 heterocycles. The van der Waals surface area contributed by atoms with Crippen LogP contribution < -0.4 is 5.73 Å². The number of hydrogen-bond donors (Lipinski definition) is 3. The summed E-state index contributed by atoms with van der Waals surface area (Å²) >= 11 is 1.34. The van der Waals surface area contributed by atoms with Crippen LogP contribution in [0.5, 0.6) is 0 Å². The van der Waals surface area contributed by atoms with E-state index in [2.05, 4.69) is 5.10 Å². The lowest BCUT2D eigenvalue weighted by atomic mass is 10.00. The first-order valence-electron chi connectivity index (χ1n) is 12.0. The van der Waals surface area contributed by atoms with Gasteiger partial charge in [-0.05, 0) is 54.3 Å². The number of thiophene rings is 1. The highest BCUT2D eigenvalue weighted by atomic mass is 32.1. The van der Waals surface area contributed by atoms with Gasteiger partial charge in [0, 0.05) is 35.0 Å². The minimum Gasteiger partial charge on any atom is -0.394 e. The topological polar surface area (TPSA) is 128 Å². The van der Waals surface area contributed by atoms with Crippen LogP contribution in [0.4, 0.5) is 4.39 Å². The van der Waals surface area contributed by atoms with Gasteiger partial charge < -0.3 is 20.8 Å². The van der Waals surface area contributed by atoms with Crippen LogP contribution in [0.3, 0.4) is 0 Å². The number of halogens is 1. The summed E-state index contributed by atoms with van der Waals surface area (Å²) in [4.78, 5) is 16.5. The Bertz CT molecular complexity index is 1510. The number of aliphatic hydroxyl groups excluding tert-OH is 2. The molecule has 190 valence electrons. The van der Waals surface area contributed by atoms with Crippen molar-refractivity contribution in [3.63, 3.8) is 0 Å². The maximum atomic E-state index is 14.6. The number of carbonyl (C=O) groups excluding carboxylic acids is 1. The van der Waals surface area contributed by atoms with Crippen LogP contribution in [0.1, 0.15) is 28.1 Å². The van der Waals surface area contributed by atoms with Crippen LogP contribution in [0.15, 0.2) is 48.7 Å². The number of nitrogens with two attached hydrogens (primary N) is 1. The molecular weight excluding hydrogens is 493 g/mol. The molecule has 1 fully saturated rings. The lowest BCUT2D eigenvalue weighted by Crippen LogP contribution is -2.45. The van der Waals surface area contributed by atoms with Crippen molar-refractivity contribution >= 4 is 28.1 Å². The van der Waals surface area contributed by atoms with Gasteiger partial charge >= 0.3 is 0 Å². The number of piperidine rings is 1. The zero-order valence-corrected chi connectivity index (χ0v) is 20.8. The fourth-order valence-corrected chi connectivity index (χ4v) is 5.82. The maximum absolute atomic E-state index is 14.6. The molecule has 2 atom stereocenters. The molecule has 8 nitrogen and oxygen atoms in total. The highest BCUT2D eigenvalue weighted by molar-refractivity contribution is 7.18. The SMILES string of the molecule is N#Cc1ccc(-c2cc(C(=O)N3CCCC(N)C3)sc2-c2ccc3c(cnn3CC(O)CO)c2)cc1F. The molecule has 0 saturated carbocycles. The summed E-state index contributed by atoms with van der Waals surface area (Å²) in [6, 6.07) is 13.7. The molecule has 5 rings (SSSR count). The smallest absolute Gasteiger partial charge is 0.264 e. The van der Waals surface area contributed by atoms with Gasteiger partial charge in [-0.25, -0.2) is 4.39 Å². The molecule has 0 aliphatic carbocycles. The van der Waals surface area contributed by atoms with E-state index in [1.54, 1.807) is 27.9 Å². The maximum Gasteiger partial charge on any atom is 0.264 e. The second-order valence-corrected chi connectivity index (χ2v) is 10.3. The number of nitriles is 1. The Morgan fingerprint density at radius 1 is 1.27 bits per heavy atom. The summed E-state index contributed by atoms with van der Waals surface area (Å²) < 4.78 is 16.2. The average molecular weight is 520 g/mol. The van der Waals surface area contributed by atoms with Crippen LogP contribution in [0.25, 0.3) is 32.5 Å². The van der Waals surface area contributed by atoms with E-state index in [0.717, 1.165) is 34.2 Å². The molecular formula is C27H26FN5O3S. The molecule has 1 saturated heterocycles. The minimum absolute atomic E-state index is 0.0435. The molecule has 1 amide bonds. The lowest BCUT2D eigenvalue weighted by molar-refractivity contribution is 0.0713. The van der Waals surface area contributed by atoms with Crippen LogP contribution >= 0.6 is 11.3 Å². The van der Waals surface area contributed by atoms with Gasteiger partial charge in [0.1, 0.15) is 11.9 Å². The van der Waals surface area contributed by atoms with E-state index in [0.29, 0.717) is 29.1 Å². The van der Waals surface area contributed by atoms with Crippen molar-refractivity contribution in [2.75, 3.05) is 19.7 Å². The number of hydrogen-bond acceptors (Lipinski definition) is 7. The third-order valence-electron chi connectivity index (χ3n) is 6.59. The van der Waals surface area contributed by atoms with Gasteiger partial charge in [0.25, 0.3) is 5.91 Å². The highest BCUT2D eigenvalue weighted by Crippen LogP contribution is 2.41. The van der Waals surface area contributed by atoms with Crippen molar-refractivity contribution in [1.29, 1.82) is 5.26 Å². The second kappa shape index (κ2) is 10.4. The molecule has 4 aromatic rings. The number of benzene rings is 2. The van der Waals surface area contributed by atoms with Gasteiger partial charge in [0.15, 0.2) is 0 Å². The largest absolute Gasteiger partial charge is 0.394 e. The number of amides is 1. The van der Waals surface area contributed by atoms with E-state index in [1.165, 1.54) is 23.5 Å². The van der Waals surface area contributed by atoms with Gasteiger partial charge in [-0.15, -0.1) is 11.3 Å². The second-order valence-electron chi connectivity index (χ2n) is 9.25. The summed E-state index contributed by atoms with van der Waals surface area (Å²) in [5, 5.41) is 33.3. The van der Waals surface area contributed by atoms with Gasteiger partial charge in [0.05, 0.1) is 41.4 Å². The number of carbonyl (C=O) groups is 1. The Morgan fingerprint density at radius 2 is 2.08 bits per heavy atom. The van der Waals surface area contributed by atoms with E-state index in [9.17, 15) is 19.4 Å². The van der Waals surface area contributed by atoms with Gasteiger partial charge in [0.2, 0.25) is 0 Å². The minimum atomic E-state index is -0.922. The fourth-order valence-electron chi connectivity index (χ4n) is 4.68. The Hall–Kier alpha value is -3.62. The van der Waals surface area contributed by atoms with Gasteiger partial charge in [-0.3, -0.25) is 9.48 Å². The normalized spacial score (nSPS) is 16.6. The van der Waals surface area contributed by atoms with Gasteiger partial charge in [-0.2, -0.15) is 10.4 Å².